The Kier molecular flexibility index (Phi) is 4.99. The summed E-state index contributed by atoms with van der Waals surface area (Å²) in [5.74, 6) is 0. The first-order valence-corrected chi connectivity index (χ1v) is 5.15. The van der Waals surface area contributed by atoms with Crippen molar-refractivity contribution in [3.05, 3.63) is 42.5 Å². The van der Waals surface area contributed by atoms with Gasteiger partial charge in [-0.3, -0.25) is 0 Å². The van der Waals surface area contributed by atoms with E-state index in [1.807, 2.05) is 36.4 Å². The fraction of sp³-hybridized carbons (Fsp3) is 0.167. The van der Waals surface area contributed by atoms with Crippen LogP contribution in [0.1, 0.15) is 6.92 Å². The Hall–Kier alpha value is -1.36. The largest absolute Gasteiger partial charge is 0.489 e. The van der Waals surface area contributed by atoms with E-state index in [1.54, 1.807) is 13.0 Å². The van der Waals surface area contributed by atoms with Gasteiger partial charge in [-0.1, -0.05) is 42.5 Å². The number of benzene rings is 2. The highest BCUT2D eigenvalue weighted by molar-refractivity contribution is 6.61. The molecule has 0 aliphatic heterocycles. The first-order chi connectivity index (χ1) is 7.70. The van der Waals surface area contributed by atoms with Crippen molar-refractivity contribution in [2.75, 3.05) is 6.61 Å². The van der Waals surface area contributed by atoms with Crippen molar-refractivity contribution in [1.82, 2.24) is 0 Å². The smallest absolute Gasteiger partial charge is 0.423 e. The molecule has 16 heavy (non-hydrogen) atoms. The highest BCUT2D eigenvalue weighted by Crippen LogP contribution is 2.10. The van der Waals surface area contributed by atoms with Crippen molar-refractivity contribution in [2.45, 2.75) is 6.92 Å². The molecule has 0 bridgehead atoms. The van der Waals surface area contributed by atoms with E-state index in [4.69, 9.17) is 15.2 Å². The minimum Gasteiger partial charge on any atom is -0.423 e. The van der Waals surface area contributed by atoms with Gasteiger partial charge in [0.1, 0.15) is 0 Å². The lowest BCUT2D eigenvalue weighted by atomic mass is 9.77. The highest BCUT2D eigenvalue weighted by Gasteiger charge is 2.13. The Morgan fingerprint density at radius 1 is 1.00 bits per heavy atom. The van der Waals surface area contributed by atoms with Gasteiger partial charge in [0.2, 0.25) is 0 Å². The number of aliphatic hydroxyl groups excluding tert-OH is 1. The van der Waals surface area contributed by atoms with Crippen LogP contribution in [0, 0.1) is 0 Å². The molecule has 0 radical (unpaired) electrons. The molecule has 0 saturated carbocycles. The van der Waals surface area contributed by atoms with Crippen LogP contribution in [0.3, 0.4) is 0 Å². The van der Waals surface area contributed by atoms with Crippen LogP contribution in [-0.4, -0.2) is 28.9 Å². The molecule has 0 heterocycles. The van der Waals surface area contributed by atoms with Gasteiger partial charge in [0.25, 0.3) is 0 Å². The van der Waals surface area contributed by atoms with Gasteiger partial charge in [0.05, 0.1) is 0 Å². The Bertz CT molecular complexity index is 438. The number of aliphatic hydroxyl groups is 1. The first kappa shape index (κ1) is 12.7. The zero-order chi connectivity index (χ0) is 12.0. The lowest BCUT2D eigenvalue weighted by Gasteiger charge is -2.03. The summed E-state index contributed by atoms with van der Waals surface area (Å²) in [4.78, 5) is 0. The Morgan fingerprint density at radius 3 is 2.19 bits per heavy atom. The van der Waals surface area contributed by atoms with Gasteiger partial charge in [-0.05, 0) is 23.2 Å². The summed E-state index contributed by atoms with van der Waals surface area (Å²) >= 11 is 0. The molecule has 0 spiro atoms. The second kappa shape index (κ2) is 6.28. The van der Waals surface area contributed by atoms with Crippen LogP contribution in [0.4, 0.5) is 0 Å². The molecule has 3 N–H and O–H groups in total. The molecular formula is C12H15BO3. The van der Waals surface area contributed by atoms with E-state index in [9.17, 15) is 0 Å². The second-order valence-corrected chi connectivity index (χ2v) is 3.26. The van der Waals surface area contributed by atoms with Crippen molar-refractivity contribution >= 4 is 23.4 Å². The van der Waals surface area contributed by atoms with Crippen LogP contribution in [0.2, 0.25) is 0 Å². The third-order valence-electron chi connectivity index (χ3n) is 2.10. The predicted molar refractivity (Wildman–Crippen MR) is 66.5 cm³/mol. The number of fused-ring (bicyclic) bond motifs is 1. The van der Waals surface area contributed by atoms with E-state index in [2.05, 4.69) is 0 Å². The molecular weight excluding hydrogens is 203 g/mol. The van der Waals surface area contributed by atoms with Crippen LogP contribution in [0.25, 0.3) is 10.8 Å². The lowest BCUT2D eigenvalue weighted by molar-refractivity contribution is 0.318. The fourth-order valence-corrected chi connectivity index (χ4v) is 1.48. The normalized spacial score (nSPS) is 9.50. The van der Waals surface area contributed by atoms with Crippen LogP contribution in [0.5, 0.6) is 0 Å². The number of hydrogen-bond donors (Lipinski definition) is 3. The van der Waals surface area contributed by atoms with Gasteiger partial charge >= 0.3 is 7.12 Å². The minimum absolute atomic E-state index is 0.250. The Morgan fingerprint density at radius 2 is 1.56 bits per heavy atom. The zero-order valence-corrected chi connectivity index (χ0v) is 9.17. The van der Waals surface area contributed by atoms with Crippen molar-refractivity contribution in [3.8, 4) is 0 Å². The van der Waals surface area contributed by atoms with E-state index >= 15 is 0 Å². The third kappa shape index (κ3) is 3.07. The van der Waals surface area contributed by atoms with E-state index in [0.717, 1.165) is 10.8 Å². The van der Waals surface area contributed by atoms with Gasteiger partial charge in [-0.25, -0.2) is 0 Å². The summed E-state index contributed by atoms with van der Waals surface area (Å²) in [5, 5.41) is 27.6. The molecule has 2 rings (SSSR count). The quantitative estimate of drug-likeness (QED) is 0.611. The van der Waals surface area contributed by atoms with Gasteiger partial charge < -0.3 is 15.2 Å². The summed E-state index contributed by atoms with van der Waals surface area (Å²) in [7, 11) is -1.40. The van der Waals surface area contributed by atoms with Crippen molar-refractivity contribution in [3.63, 3.8) is 0 Å². The summed E-state index contributed by atoms with van der Waals surface area (Å²) in [6.07, 6.45) is 0. The SMILES string of the molecule is CCO.OB(O)c1cccc2ccccc12. The molecule has 3 nitrogen and oxygen atoms in total. The molecule has 0 aliphatic rings. The van der Waals surface area contributed by atoms with Crippen LogP contribution in [0.15, 0.2) is 42.5 Å². The maximum atomic E-state index is 9.08. The molecule has 2 aromatic rings. The highest BCUT2D eigenvalue weighted by atomic mass is 16.4. The molecule has 0 aliphatic carbocycles. The first-order valence-electron chi connectivity index (χ1n) is 5.15. The summed E-state index contributed by atoms with van der Waals surface area (Å²) in [6, 6.07) is 13.1. The average molecular weight is 218 g/mol. The Labute approximate surface area is 95.1 Å². The van der Waals surface area contributed by atoms with Gasteiger partial charge in [0, 0.05) is 6.61 Å². The number of rotatable bonds is 1. The van der Waals surface area contributed by atoms with Crippen LogP contribution < -0.4 is 5.46 Å². The second-order valence-electron chi connectivity index (χ2n) is 3.26. The monoisotopic (exact) mass is 218 g/mol. The fourth-order valence-electron chi connectivity index (χ4n) is 1.48. The number of hydrogen-bond acceptors (Lipinski definition) is 3. The van der Waals surface area contributed by atoms with Crippen molar-refractivity contribution in [2.24, 2.45) is 0 Å². The summed E-state index contributed by atoms with van der Waals surface area (Å²) in [6.45, 7) is 1.93. The van der Waals surface area contributed by atoms with Crippen LogP contribution >= 0.6 is 0 Å². The van der Waals surface area contributed by atoms with Crippen LogP contribution in [-0.2, 0) is 0 Å². The maximum absolute atomic E-state index is 9.08. The Balaban J connectivity index is 0.000000386. The van der Waals surface area contributed by atoms with E-state index in [-0.39, 0.29) is 6.61 Å². The standard InChI is InChI=1S/C10H9BO2.C2H6O/c12-11(13)10-7-3-5-8-4-1-2-6-9(8)10;1-2-3/h1-7,12-13H;3H,2H2,1H3. The predicted octanol–water partition coefficient (Wildman–Crippen LogP) is 0.518. The molecule has 4 heteroatoms. The molecule has 84 valence electrons. The molecule has 0 aromatic heterocycles. The van der Waals surface area contributed by atoms with E-state index in [0.29, 0.717) is 5.46 Å². The topological polar surface area (TPSA) is 60.7 Å². The average Bonchev–Trinajstić information content (AvgIpc) is 2.29. The summed E-state index contributed by atoms with van der Waals surface area (Å²) < 4.78 is 0. The molecule has 0 fully saturated rings. The molecule has 0 amide bonds. The zero-order valence-electron chi connectivity index (χ0n) is 9.17. The maximum Gasteiger partial charge on any atom is 0.489 e. The molecule has 2 aromatic carbocycles. The third-order valence-corrected chi connectivity index (χ3v) is 2.10. The van der Waals surface area contributed by atoms with Gasteiger partial charge in [0.15, 0.2) is 0 Å². The van der Waals surface area contributed by atoms with E-state index < -0.39 is 7.12 Å². The summed E-state index contributed by atoms with van der Waals surface area (Å²) in [5.41, 5.74) is 0.554. The molecule has 0 saturated heterocycles. The van der Waals surface area contributed by atoms with E-state index in [1.165, 1.54) is 0 Å². The minimum atomic E-state index is -1.40. The van der Waals surface area contributed by atoms with Crippen molar-refractivity contribution < 1.29 is 15.2 Å². The molecule has 0 atom stereocenters. The van der Waals surface area contributed by atoms with Gasteiger partial charge in [-0.15, -0.1) is 0 Å². The lowest BCUT2D eigenvalue weighted by Crippen LogP contribution is -2.30. The van der Waals surface area contributed by atoms with Crippen molar-refractivity contribution in [1.29, 1.82) is 0 Å². The molecule has 0 unspecified atom stereocenters. The van der Waals surface area contributed by atoms with Gasteiger partial charge in [-0.2, -0.15) is 0 Å².